The number of hydrogen-bond acceptors (Lipinski definition) is 4. The van der Waals surface area contributed by atoms with Gasteiger partial charge in [0.1, 0.15) is 5.03 Å². The zero-order valence-corrected chi connectivity index (χ0v) is 8.35. The molecule has 0 aliphatic rings. The third-order valence-electron chi connectivity index (χ3n) is 1.08. The molecule has 0 spiro atoms. The first-order chi connectivity index (χ1) is 5.79. The van der Waals surface area contributed by atoms with Crippen LogP contribution in [0.3, 0.4) is 0 Å². The summed E-state index contributed by atoms with van der Waals surface area (Å²) < 4.78 is 9.71. The lowest BCUT2D eigenvalue weighted by atomic mass is 10.5. The van der Waals surface area contributed by atoms with Gasteiger partial charge in [0.15, 0.2) is 12.2 Å². The van der Waals surface area contributed by atoms with Crippen LogP contribution in [0.4, 0.5) is 0 Å². The van der Waals surface area contributed by atoms with Gasteiger partial charge >= 0.3 is 0 Å². The highest BCUT2D eigenvalue weighted by molar-refractivity contribution is 8.02. The molecule has 0 radical (unpaired) electrons. The van der Waals surface area contributed by atoms with Gasteiger partial charge in [-0.3, -0.25) is 0 Å². The van der Waals surface area contributed by atoms with Crippen molar-refractivity contribution in [3.05, 3.63) is 23.4 Å². The van der Waals surface area contributed by atoms with Crippen LogP contribution in [0.5, 0.6) is 0 Å². The van der Waals surface area contributed by atoms with Gasteiger partial charge in [-0.15, -0.1) is 11.8 Å². The van der Waals surface area contributed by atoms with E-state index >= 15 is 0 Å². The first kappa shape index (κ1) is 11.1. The lowest BCUT2D eigenvalue weighted by molar-refractivity contribution is 0.304. The molecule has 0 unspecified atom stereocenters. The average molecular weight is 187 g/mol. The maximum atomic E-state index is 5.02. The summed E-state index contributed by atoms with van der Waals surface area (Å²) in [6.45, 7) is 3.60. The number of thioether (sulfide) groups is 1. The molecule has 0 aromatic rings. The lowest BCUT2D eigenvalue weighted by Gasteiger charge is -2.03. The van der Waals surface area contributed by atoms with Crippen LogP contribution in [-0.2, 0) is 9.47 Å². The van der Waals surface area contributed by atoms with Gasteiger partial charge in [0, 0.05) is 0 Å². The highest BCUT2D eigenvalue weighted by Crippen LogP contribution is 2.18. The van der Waals surface area contributed by atoms with Crippen LogP contribution in [0.15, 0.2) is 28.4 Å². The summed E-state index contributed by atoms with van der Waals surface area (Å²) in [5, 5.41) is 0.745. The molecule has 0 aromatic carbocycles. The largest absolute Gasteiger partial charge is 0.494 e. The summed E-state index contributed by atoms with van der Waals surface area (Å²) >= 11 is 1.47. The zero-order valence-electron chi connectivity index (χ0n) is 7.53. The van der Waals surface area contributed by atoms with E-state index in [2.05, 4.69) is 16.3 Å². The SMILES string of the molecule is C=C/C(OC)=C(\N=C\OC)SC. The smallest absolute Gasteiger partial charge is 0.174 e. The van der Waals surface area contributed by atoms with Crippen molar-refractivity contribution >= 4 is 18.2 Å². The molecule has 0 atom stereocenters. The predicted octanol–water partition coefficient (Wildman–Crippen LogP) is 2.03. The molecule has 0 fully saturated rings. The Bertz CT molecular complexity index is 199. The quantitative estimate of drug-likeness (QED) is 0.285. The second-order valence-corrected chi connectivity index (χ2v) is 2.55. The normalized spacial score (nSPS) is 12.6. The summed E-state index contributed by atoms with van der Waals surface area (Å²) in [5.41, 5.74) is 0. The van der Waals surface area contributed by atoms with Gasteiger partial charge in [-0.2, -0.15) is 0 Å². The molecule has 12 heavy (non-hydrogen) atoms. The summed E-state index contributed by atoms with van der Waals surface area (Å²) in [5.74, 6) is 0.649. The number of hydrogen-bond donors (Lipinski definition) is 0. The fourth-order valence-electron chi connectivity index (χ4n) is 0.575. The van der Waals surface area contributed by atoms with E-state index in [0.29, 0.717) is 5.76 Å². The summed E-state index contributed by atoms with van der Waals surface area (Å²) in [4.78, 5) is 4.00. The van der Waals surface area contributed by atoms with Crippen LogP contribution in [0.1, 0.15) is 0 Å². The number of allylic oxidation sites excluding steroid dienone is 1. The maximum absolute atomic E-state index is 5.02. The van der Waals surface area contributed by atoms with Gasteiger partial charge < -0.3 is 9.47 Å². The Morgan fingerprint density at radius 1 is 1.50 bits per heavy atom. The molecular formula is C8H13NO2S. The van der Waals surface area contributed by atoms with E-state index in [0.717, 1.165) is 5.03 Å². The fourth-order valence-corrected chi connectivity index (χ4v) is 1.09. The van der Waals surface area contributed by atoms with Crippen molar-refractivity contribution in [2.24, 2.45) is 4.99 Å². The molecule has 68 valence electrons. The summed E-state index contributed by atoms with van der Waals surface area (Å²) in [6.07, 6.45) is 4.87. The average Bonchev–Trinajstić information content (AvgIpc) is 2.12. The number of rotatable bonds is 5. The molecule has 0 aliphatic carbocycles. The van der Waals surface area contributed by atoms with Crippen molar-refractivity contribution in [3.63, 3.8) is 0 Å². The van der Waals surface area contributed by atoms with E-state index in [1.54, 1.807) is 20.3 Å². The molecule has 0 N–H and O–H groups in total. The third-order valence-corrected chi connectivity index (χ3v) is 1.78. The summed E-state index contributed by atoms with van der Waals surface area (Å²) in [6, 6.07) is 0. The van der Waals surface area contributed by atoms with Gasteiger partial charge in [-0.1, -0.05) is 6.58 Å². The topological polar surface area (TPSA) is 30.8 Å². The van der Waals surface area contributed by atoms with E-state index in [-0.39, 0.29) is 0 Å². The van der Waals surface area contributed by atoms with Crippen molar-refractivity contribution in [2.75, 3.05) is 20.5 Å². The molecule has 0 aromatic heterocycles. The standard InChI is InChI=1S/C8H13NO2S/c1-5-7(11-3)8(12-4)9-6-10-2/h5-6H,1H2,2-4H3/b8-7-,9-6+. The Kier molecular flexibility index (Phi) is 6.28. The zero-order chi connectivity index (χ0) is 9.40. The molecule has 0 rings (SSSR count). The van der Waals surface area contributed by atoms with Crippen LogP contribution in [0, 0.1) is 0 Å². The lowest BCUT2D eigenvalue weighted by Crippen LogP contribution is -1.87. The molecule has 0 saturated carbocycles. The molecule has 4 heteroatoms. The minimum absolute atomic E-state index is 0.649. The minimum atomic E-state index is 0.649. The second kappa shape index (κ2) is 6.79. The van der Waals surface area contributed by atoms with Gasteiger partial charge in [-0.05, 0) is 12.3 Å². The van der Waals surface area contributed by atoms with E-state index in [1.807, 2.05) is 6.26 Å². The Balaban J connectivity index is 4.57. The van der Waals surface area contributed by atoms with Gasteiger partial charge in [0.2, 0.25) is 0 Å². The van der Waals surface area contributed by atoms with E-state index < -0.39 is 0 Å². The van der Waals surface area contributed by atoms with E-state index in [9.17, 15) is 0 Å². The van der Waals surface area contributed by atoms with E-state index in [1.165, 1.54) is 18.2 Å². The van der Waals surface area contributed by atoms with Crippen LogP contribution >= 0.6 is 11.8 Å². The van der Waals surface area contributed by atoms with Crippen molar-refractivity contribution in [1.29, 1.82) is 0 Å². The van der Waals surface area contributed by atoms with Crippen LogP contribution in [-0.4, -0.2) is 26.9 Å². The molecule has 0 aliphatic heterocycles. The van der Waals surface area contributed by atoms with Crippen molar-refractivity contribution in [3.8, 4) is 0 Å². The van der Waals surface area contributed by atoms with Crippen LogP contribution in [0.2, 0.25) is 0 Å². The van der Waals surface area contributed by atoms with Crippen LogP contribution < -0.4 is 0 Å². The molecule has 0 bridgehead atoms. The van der Waals surface area contributed by atoms with Gasteiger partial charge in [0.05, 0.1) is 14.2 Å². The Morgan fingerprint density at radius 3 is 2.50 bits per heavy atom. The number of aliphatic imine (C=N–C) groups is 1. The fraction of sp³-hybridized carbons (Fsp3) is 0.375. The van der Waals surface area contributed by atoms with Crippen molar-refractivity contribution in [2.45, 2.75) is 0 Å². The highest BCUT2D eigenvalue weighted by atomic mass is 32.2. The van der Waals surface area contributed by atoms with Gasteiger partial charge in [0.25, 0.3) is 0 Å². The number of ether oxygens (including phenoxy) is 2. The summed E-state index contributed by atoms with van der Waals surface area (Å²) in [7, 11) is 3.12. The highest BCUT2D eigenvalue weighted by Gasteiger charge is 1.99. The van der Waals surface area contributed by atoms with Gasteiger partial charge in [-0.25, -0.2) is 4.99 Å². The number of nitrogens with zero attached hydrogens (tertiary/aromatic N) is 1. The minimum Gasteiger partial charge on any atom is -0.494 e. The molecular weight excluding hydrogens is 174 g/mol. The van der Waals surface area contributed by atoms with Crippen LogP contribution in [0.25, 0.3) is 0 Å². The molecule has 0 heterocycles. The Morgan fingerprint density at radius 2 is 2.17 bits per heavy atom. The molecule has 3 nitrogen and oxygen atoms in total. The van der Waals surface area contributed by atoms with Crippen molar-refractivity contribution in [1.82, 2.24) is 0 Å². The van der Waals surface area contributed by atoms with Crippen molar-refractivity contribution < 1.29 is 9.47 Å². The second-order valence-electron chi connectivity index (χ2n) is 1.75. The third kappa shape index (κ3) is 3.48. The monoisotopic (exact) mass is 187 g/mol. The molecule has 0 amide bonds. The predicted molar refractivity (Wildman–Crippen MR) is 53.2 cm³/mol. The van der Waals surface area contributed by atoms with E-state index in [4.69, 9.17) is 4.74 Å². The Labute approximate surface area is 77.2 Å². The molecule has 0 saturated heterocycles. The first-order valence-electron chi connectivity index (χ1n) is 3.30. The maximum Gasteiger partial charge on any atom is 0.174 e. The first-order valence-corrected chi connectivity index (χ1v) is 4.52. The Hall–Kier alpha value is -0.900. The number of methoxy groups -OCH3 is 2.